The number of hydrogen-bond acceptors (Lipinski definition) is 10. The van der Waals surface area contributed by atoms with Crippen LogP contribution in [-0.2, 0) is 19.4 Å². The number of thiazole rings is 2. The van der Waals surface area contributed by atoms with Crippen LogP contribution in [-0.4, -0.2) is 45.1 Å². The number of amides is 1. The summed E-state index contributed by atoms with van der Waals surface area (Å²) in [6, 6.07) is 24.9. The van der Waals surface area contributed by atoms with Crippen LogP contribution in [0.15, 0.2) is 85.1 Å². The molecule has 1 amide bonds. The Morgan fingerprint density at radius 3 is 2.64 bits per heavy atom. The van der Waals surface area contributed by atoms with Gasteiger partial charge < -0.3 is 20.5 Å². The molecular formula is C35H30N6O4S2. The summed E-state index contributed by atoms with van der Waals surface area (Å²) in [5.74, 6) is -0.0825. The Morgan fingerprint density at radius 2 is 1.83 bits per heavy atom. The molecule has 12 heteroatoms. The first-order valence-corrected chi connectivity index (χ1v) is 16.8. The van der Waals surface area contributed by atoms with Crippen LogP contribution in [0.5, 0.6) is 5.75 Å². The maximum atomic E-state index is 13.4. The van der Waals surface area contributed by atoms with Crippen molar-refractivity contribution in [1.29, 1.82) is 0 Å². The zero-order valence-corrected chi connectivity index (χ0v) is 26.8. The fourth-order valence-electron chi connectivity index (χ4n) is 5.67. The smallest absolute Gasteiger partial charge is 0.355 e. The predicted molar refractivity (Wildman–Crippen MR) is 186 cm³/mol. The van der Waals surface area contributed by atoms with Gasteiger partial charge in [-0.2, -0.15) is 0 Å². The zero-order valence-electron chi connectivity index (χ0n) is 25.2. The van der Waals surface area contributed by atoms with Crippen molar-refractivity contribution < 1.29 is 19.4 Å². The number of rotatable bonds is 10. The minimum atomic E-state index is -1.05. The molecule has 1 aliphatic rings. The van der Waals surface area contributed by atoms with Crippen LogP contribution in [0.4, 0.5) is 16.1 Å². The monoisotopic (exact) mass is 662 g/mol. The molecule has 0 fully saturated rings. The fraction of sp³-hybridized carbons (Fsp3) is 0.171. The van der Waals surface area contributed by atoms with Gasteiger partial charge in [-0.1, -0.05) is 47.7 Å². The Morgan fingerprint density at radius 1 is 0.979 bits per heavy atom. The van der Waals surface area contributed by atoms with E-state index in [-0.39, 0.29) is 11.6 Å². The molecule has 0 bridgehead atoms. The van der Waals surface area contributed by atoms with Crippen LogP contribution in [0, 0.1) is 0 Å². The highest BCUT2D eigenvalue weighted by Crippen LogP contribution is 2.34. The second-order valence-corrected chi connectivity index (χ2v) is 13.1. The summed E-state index contributed by atoms with van der Waals surface area (Å²) in [5.41, 5.74) is 11.3. The van der Waals surface area contributed by atoms with Gasteiger partial charge >= 0.3 is 5.97 Å². The van der Waals surface area contributed by atoms with Gasteiger partial charge in [0, 0.05) is 35.3 Å². The first-order valence-electron chi connectivity index (χ1n) is 15.1. The number of ether oxygens (including phenoxy) is 1. The van der Waals surface area contributed by atoms with E-state index in [9.17, 15) is 14.7 Å². The average Bonchev–Trinajstić information content (AvgIpc) is 3.71. The highest BCUT2D eigenvalue weighted by molar-refractivity contribution is 7.22. The predicted octanol–water partition coefficient (Wildman–Crippen LogP) is 6.92. The number of fused-ring (bicyclic) bond motifs is 2. The molecule has 0 saturated heterocycles. The lowest BCUT2D eigenvalue weighted by Gasteiger charge is -2.29. The maximum absolute atomic E-state index is 13.4. The van der Waals surface area contributed by atoms with Gasteiger partial charge in [-0.15, -0.1) is 11.3 Å². The van der Waals surface area contributed by atoms with Gasteiger partial charge in [-0.25, -0.2) is 19.7 Å². The Balaban J connectivity index is 1.01. The lowest BCUT2D eigenvalue weighted by Crippen LogP contribution is -2.32. The minimum absolute atomic E-state index is 0.0658. The molecule has 6 aromatic rings. The summed E-state index contributed by atoms with van der Waals surface area (Å²) in [7, 11) is 0. The lowest BCUT2D eigenvalue weighted by molar-refractivity contribution is 0.0690. The summed E-state index contributed by atoms with van der Waals surface area (Å²) >= 11 is 2.82. The first kappa shape index (κ1) is 30.3. The number of nitrogens with two attached hydrogens (primary N) is 1. The summed E-state index contributed by atoms with van der Waals surface area (Å²) < 4.78 is 6.95. The second kappa shape index (κ2) is 13.2. The Labute approximate surface area is 278 Å². The van der Waals surface area contributed by atoms with Gasteiger partial charge in [-0.3, -0.25) is 10.1 Å². The molecule has 3 aromatic carbocycles. The van der Waals surface area contributed by atoms with Crippen molar-refractivity contribution >= 4 is 60.8 Å². The highest BCUT2D eigenvalue weighted by Gasteiger charge is 2.26. The number of anilines is 3. The fourth-order valence-corrected chi connectivity index (χ4v) is 7.65. The second-order valence-electron chi connectivity index (χ2n) is 11.0. The molecule has 3 aromatic heterocycles. The highest BCUT2D eigenvalue weighted by atomic mass is 32.1. The molecule has 1 aliphatic heterocycles. The van der Waals surface area contributed by atoms with E-state index in [1.54, 1.807) is 6.20 Å². The van der Waals surface area contributed by atoms with E-state index in [0.717, 1.165) is 44.6 Å². The molecule has 0 unspecified atom stereocenters. The summed E-state index contributed by atoms with van der Waals surface area (Å²) in [6.45, 7) is 1.55. The number of aryl methyl sites for hydroxylation is 1. The SMILES string of the molecule is Nc1ncccc1-c1ccc(OCCCc2sc(N3CCc4cccc(C(=O)Nc5nc6ccccc6s5)c4C3)nc2C(=O)O)cc1. The number of para-hydroxylation sites is 1. The van der Waals surface area contributed by atoms with Gasteiger partial charge in [0.2, 0.25) is 0 Å². The number of nitrogens with one attached hydrogen (secondary N) is 1. The number of carbonyl (C=O) groups excluding carboxylic acids is 1. The third-order valence-electron chi connectivity index (χ3n) is 8.01. The van der Waals surface area contributed by atoms with E-state index < -0.39 is 5.97 Å². The number of nitrogens with zero attached hydrogens (tertiary/aromatic N) is 4. The molecule has 0 saturated carbocycles. The van der Waals surface area contributed by atoms with E-state index >= 15 is 0 Å². The van der Waals surface area contributed by atoms with E-state index in [1.165, 1.54) is 22.7 Å². The van der Waals surface area contributed by atoms with Crippen LogP contribution in [0.25, 0.3) is 21.3 Å². The standard InChI is InChI=1S/C35H30N6O4S2/c36-31-24(8-4-17-37-31)22-12-14-23(15-13-22)45-19-5-11-29-30(33(43)44)39-35(47-29)41-18-16-21-6-3-7-25(26(21)20-41)32(42)40-34-38-27-9-1-2-10-28(27)46-34/h1-4,6-10,12-15,17H,5,11,16,18-20H2,(H2,36,37)(H,43,44)(H,38,40,42). The van der Waals surface area contributed by atoms with Gasteiger partial charge in [0.1, 0.15) is 11.6 Å². The Bertz CT molecular complexity index is 2060. The molecule has 7 rings (SSSR count). The molecule has 4 heterocycles. The van der Waals surface area contributed by atoms with Crippen LogP contribution in [0.3, 0.4) is 0 Å². The number of aromatic nitrogens is 3. The molecule has 0 aliphatic carbocycles. The van der Waals surface area contributed by atoms with Crippen LogP contribution in [0.1, 0.15) is 43.3 Å². The molecule has 0 spiro atoms. The van der Waals surface area contributed by atoms with E-state index in [4.69, 9.17) is 10.5 Å². The lowest BCUT2D eigenvalue weighted by atomic mass is 9.94. The van der Waals surface area contributed by atoms with Crippen LogP contribution < -0.4 is 20.7 Å². The number of hydrogen-bond donors (Lipinski definition) is 3. The molecule has 4 N–H and O–H groups in total. The van der Waals surface area contributed by atoms with Crippen molar-refractivity contribution in [2.75, 3.05) is 29.1 Å². The van der Waals surface area contributed by atoms with E-state index in [0.29, 0.717) is 59.1 Å². The van der Waals surface area contributed by atoms with Gasteiger partial charge in [0.05, 0.1) is 16.8 Å². The maximum Gasteiger partial charge on any atom is 0.355 e. The summed E-state index contributed by atoms with van der Waals surface area (Å²) in [4.78, 5) is 41.6. The molecule has 47 heavy (non-hydrogen) atoms. The van der Waals surface area contributed by atoms with Crippen molar-refractivity contribution in [2.45, 2.75) is 25.8 Å². The third-order valence-corrected chi connectivity index (χ3v) is 10.1. The van der Waals surface area contributed by atoms with Gasteiger partial charge in [-0.05, 0) is 78.4 Å². The van der Waals surface area contributed by atoms with Crippen molar-refractivity contribution in [1.82, 2.24) is 15.0 Å². The largest absolute Gasteiger partial charge is 0.494 e. The van der Waals surface area contributed by atoms with E-state index in [2.05, 4.69) is 25.2 Å². The Hall–Kier alpha value is -5.33. The molecular weight excluding hydrogens is 633 g/mol. The number of nitrogen functional groups attached to an aromatic ring is 1. The Kier molecular flexibility index (Phi) is 8.51. The van der Waals surface area contributed by atoms with Crippen LogP contribution >= 0.6 is 22.7 Å². The summed E-state index contributed by atoms with van der Waals surface area (Å²) in [6.07, 6.45) is 3.52. The van der Waals surface area contributed by atoms with Crippen molar-refractivity contribution in [2.24, 2.45) is 0 Å². The number of carboxylic acids is 1. The van der Waals surface area contributed by atoms with Gasteiger partial charge in [0.15, 0.2) is 16.0 Å². The first-order chi connectivity index (χ1) is 22.9. The van der Waals surface area contributed by atoms with Gasteiger partial charge in [0.25, 0.3) is 5.91 Å². The average molecular weight is 663 g/mol. The van der Waals surface area contributed by atoms with Crippen molar-refractivity contribution in [3.63, 3.8) is 0 Å². The van der Waals surface area contributed by atoms with E-state index in [1.807, 2.05) is 78.9 Å². The summed E-state index contributed by atoms with van der Waals surface area (Å²) in [5, 5.41) is 14.1. The molecule has 10 nitrogen and oxygen atoms in total. The molecule has 0 atom stereocenters. The number of carbonyl (C=O) groups is 2. The normalized spacial score (nSPS) is 12.6. The topological polar surface area (TPSA) is 144 Å². The number of aromatic carboxylic acids is 1. The van der Waals surface area contributed by atoms with Crippen LogP contribution in [0.2, 0.25) is 0 Å². The molecule has 0 radical (unpaired) electrons. The van der Waals surface area contributed by atoms with Crippen molar-refractivity contribution in [3.05, 3.63) is 112 Å². The quantitative estimate of drug-likeness (QED) is 0.133. The molecule has 236 valence electrons. The third kappa shape index (κ3) is 6.51. The number of benzene rings is 3. The van der Waals surface area contributed by atoms with Crippen molar-refractivity contribution in [3.8, 4) is 16.9 Å². The minimum Gasteiger partial charge on any atom is -0.494 e. The number of carboxylic acid groups (broad SMARTS) is 1. The number of pyridine rings is 1. The zero-order chi connectivity index (χ0) is 32.3.